The van der Waals surface area contributed by atoms with E-state index in [1.54, 1.807) is 11.8 Å². The monoisotopic (exact) mass is 301 g/mol. The molecule has 21 heavy (non-hydrogen) atoms. The van der Waals surface area contributed by atoms with Crippen molar-refractivity contribution >= 4 is 11.9 Å². The van der Waals surface area contributed by atoms with Crippen LogP contribution in [-0.2, 0) is 14.3 Å². The lowest BCUT2D eigenvalue weighted by molar-refractivity contribution is -0.138. The van der Waals surface area contributed by atoms with Gasteiger partial charge in [0.25, 0.3) is 0 Å². The number of primary amides is 1. The predicted molar refractivity (Wildman–Crippen MR) is 78.8 cm³/mol. The molecule has 7 heteroatoms. The molecule has 0 saturated carbocycles. The molecule has 1 aliphatic rings. The van der Waals surface area contributed by atoms with Crippen LogP contribution in [0.15, 0.2) is 0 Å². The van der Waals surface area contributed by atoms with Gasteiger partial charge >= 0.3 is 6.03 Å². The third-order valence-corrected chi connectivity index (χ3v) is 3.79. The lowest BCUT2D eigenvalue weighted by atomic mass is 9.97. The maximum atomic E-state index is 12.6. The summed E-state index contributed by atoms with van der Waals surface area (Å²) in [7, 11) is 1.50. The van der Waals surface area contributed by atoms with Gasteiger partial charge in [0.05, 0.1) is 12.7 Å². The molecule has 0 bridgehead atoms. The summed E-state index contributed by atoms with van der Waals surface area (Å²) in [5, 5.41) is 2.48. The zero-order valence-electron chi connectivity index (χ0n) is 13.1. The second-order valence-corrected chi connectivity index (χ2v) is 5.38. The molecule has 1 fully saturated rings. The minimum Gasteiger partial charge on any atom is -0.381 e. The summed E-state index contributed by atoms with van der Waals surface area (Å²) in [5.41, 5.74) is 5.15. The fourth-order valence-electron chi connectivity index (χ4n) is 2.55. The van der Waals surface area contributed by atoms with Crippen molar-refractivity contribution in [3.8, 4) is 0 Å². The van der Waals surface area contributed by atoms with Gasteiger partial charge in [-0.15, -0.1) is 0 Å². The van der Waals surface area contributed by atoms with Gasteiger partial charge in [-0.3, -0.25) is 4.79 Å². The van der Waals surface area contributed by atoms with E-state index in [1.165, 1.54) is 7.11 Å². The van der Waals surface area contributed by atoms with Crippen molar-refractivity contribution in [1.82, 2.24) is 10.2 Å². The average molecular weight is 301 g/mol. The molecule has 7 nitrogen and oxygen atoms in total. The normalized spacial score (nSPS) is 21.7. The van der Waals surface area contributed by atoms with E-state index in [4.69, 9.17) is 15.2 Å². The Morgan fingerprint density at radius 1 is 1.48 bits per heavy atom. The molecule has 0 aromatic rings. The lowest BCUT2D eigenvalue weighted by Gasteiger charge is -2.36. The summed E-state index contributed by atoms with van der Waals surface area (Å²) in [5.74, 6) is 0.194. The molecule has 1 rings (SSSR count). The third kappa shape index (κ3) is 5.51. The molecule has 1 aliphatic heterocycles. The number of likely N-dealkylation sites (tertiary alicyclic amines) is 1. The van der Waals surface area contributed by atoms with Crippen molar-refractivity contribution in [3.63, 3.8) is 0 Å². The van der Waals surface area contributed by atoms with E-state index in [0.717, 1.165) is 12.8 Å². The van der Waals surface area contributed by atoms with Crippen LogP contribution in [-0.4, -0.2) is 62.4 Å². The Balaban J connectivity index is 2.66. The van der Waals surface area contributed by atoms with Crippen LogP contribution in [0.5, 0.6) is 0 Å². The van der Waals surface area contributed by atoms with Crippen LogP contribution in [0.3, 0.4) is 0 Å². The Labute approximate surface area is 126 Å². The van der Waals surface area contributed by atoms with Crippen molar-refractivity contribution < 1.29 is 19.1 Å². The zero-order valence-corrected chi connectivity index (χ0v) is 13.1. The second-order valence-electron chi connectivity index (χ2n) is 5.38. The minimum absolute atomic E-state index is 0.149. The number of rotatable bonds is 7. The number of amides is 3. The van der Waals surface area contributed by atoms with E-state index in [1.807, 2.05) is 6.92 Å². The maximum Gasteiger partial charge on any atom is 0.312 e. The highest BCUT2D eigenvalue weighted by molar-refractivity contribution is 5.87. The molecule has 0 radical (unpaired) electrons. The van der Waals surface area contributed by atoms with Crippen LogP contribution in [0.25, 0.3) is 0 Å². The summed E-state index contributed by atoms with van der Waals surface area (Å²) in [6, 6.07) is -1.47. The van der Waals surface area contributed by atoms with E-state index < -0.39 is 18.2 Å². The Morgan fingerprint density at radius 3 is 2.76 bits per heavy atom. The van der Waals surface area contributed by atoms with E-state index >= 15 is 0 Å². The van der Waals surface area contributed by atoms with Gasteiger partial charge < -0.3 is 25.4 Å². The first-order valence-corrected chi connectivity index (χ1v) is 7.44. The van der Waals surface area contributed by atoms with Gasteiger partial charge in [-0.1, -0.05) is 0 Å². The number of carbonyl (C=O) groups is 2. The van der Waals surface area contributed by atoms with Crippen LogP contribution in [0.1, 0.15) is 26.7 Å². The summed E-state index contributed by atoms with van der Waals surface area (Å²) < 4.78 is 10.6. The van der Waals surface area contributed by atoms with Crippen molar-refractivity contribution in [3.05, 3.63) is 0 Å². The smallest absolute Gasteiger partial charge is 0.312 e. The minimum atomic E-state index is -0.752. The molecule has 122 valence electrons. The Morgan fingerprint density at radius 2 is 2.19 bits per heavy atom. The van der Waals surface area contributed by atoms with Crippen LogP contribution in [0.2, 0.25) is 0 Å². The number of hydrogen-bond acceptors (Lipinski definition) is 4. The Kier molecular flexibility index (Phi) is 7.45. The number of nitrogens with zero attached hydrogens (tertiary/aromatic N) is 1. The predicted octanol–water partition coefficient (Wildman–Crippen LogP) is 0.333. The Bertz CT molecular complexity index is 351. The number of nitrogens with two attached hydrogens (primary N) is 1. The number of hydrogen-bond donors (Lipinski definition) is 2. The highest BCUT2D eigenvalue weighted by Gasteiger charge is 2.33. The van der Waals surface area contributed by atoms with Gasteiger partial charge in [-0.2, -0.15) is 0 Å². The van der Waals surface area contributed by atoms with Gasteiger partial charge in [0.2, 0.25) is 5.91 Å². The van der Waals surface area contributed by atoms with Crippen molar-refractivity contribution in [2.45, 2.75) is 38.8 Å². The second kappa shape index (κ2) is 8.84. The third-order valence-electron chi connectivity index (χ3n) is 3.79. The van der Waals surface area contributed by atoms with E-state index in [0.29, 0.717) is 32.2 Å². The van der Waals surface area contributed by atoms with Gasteiger partial charge in [0.15, 0.2) is 0 Å². The maximum absolute atomic E-state index is 12.6. The topological polar surface area (TPSA) is 93.9 Å². The summed E-state index contributed by atoms with van der Waals surface area (Å²) in [6.07, 6.45) is 1.56. The molecule has 0 spiro atoms. The molecule has 3 amide bonds. The summed E-state index contributed by atoms with van der Waals surface area (Å²) in [4.78, 5) is 25.4. The molecule has 0 aromatic carbocycles. The number of methoxy groups -OCH3 is 1. The molecule has 1 heterocycles. The van der Waals surface area contributed by atoms with E-state index in [2.05, 4.69) is 5.32 Å². The first-order chi connectivity index (χ1) is 9.99. The van der Waals surface area contributed by atoms with Crippen LogP contribution in [0, 0.1) is 5.92 Å². The molecule has 0 aromatic heterocycles. The number of ether oxygens (including phenoxy) is 2. The van der Waals surface area contributed by atoms with Crippen molar-refractivity contribution in [2.75, 3.05) is 33.4 Å². The number of urea groups is 1. The largest absolute Gasteiger partial charge is 0.381 e. The fourth-order valence-corrected chi connectivity index (χ4v) is 2.55. The highest BCUT2D eigenvalue weighted by Crippen LogP contribution is 2.18. The molecule has 1 saturated heterocycles. The molecular formula is C14H27N3O4. The average Bonchev–Trinajstić information content (AvgIpc) is 2.49. The summed E-state index contributed by atoms with van der Waals surface area (Å²) in [6.45, 7) is 6.37. The zero-order chi connectivity index (χ0) is 15.8. The molecule has 3 N–H and O–H groups in total. The van der Waals surface area contributed by atoms with Gasteiger partial charge in [0.1, 0.15) is 6.04 Å². The lowest BCUT2D eigenvalue weighted by Crippen LogP contribution is -2.57. The highest BCUT2D eigenvalue weighted by atomic mass is 16.5. The van der Waals surface area contributed by atoms with Gasteiger partial charge in [-0.05, 0) is 32.6 Å². The molecule has 3 atom stereocenters. The summed E-state index contributed by atoms with van der Waals surface area (Å²) >= 11 is 0. The number of carbonyl (C=O) groups excluding carboxylic acids is 2. The SMILES string of the molecule is CCOCC1CCCN(C(=O)C(NC(N)=O)C(C)OC)C1. The first kappa shape index (κ1) is 17.7. The van der Waals surface area contributed by atoms with Gasteiger partial charge in [0, 0.05) is 26.8 Å². The van der Waals surface area contributed by atoms with Crippen molar-refractivity contribution in [2.24, 2.45) is 11.7 Å². The van der Waals surface area contributed by atoms with E-state index in [-0.39, 0.29) is 5.91 Å². The fraction of sp³-hybridized carbons (Fsp3) is 0.857. The molecule has 0 aliphatic carbocycles. The standard InChI is InChI=1S/C14H27N3O4/c1-4-21-9-11-6-5-7-17(8-11)13(18)12(10(2)20-3)16-14(15)19/h10-12H,4-9H2,1-3H3,(H3,15,16,19). The molecule has 3 unspecified atom stereocenters. The quantitative estimate of drug-likeness (QED) is 0.708. The number of nitrogens with one attached hydrogen (secondary N) is 1. The van der Waals surface area contributed by atoms with Crippen molar-refractivity contribution in [1.29, 1.82) is 0 Å². The first-order valence-electron chi connectivity index (χ1n) is 7.44. The van der Waals surface area contributed by atoms with Crippen LogP contribution >= 0.6 is 0 Å². The van der Waals surface area contributed by atoms with E-state index in [9.17, 15) is 9.59 Å². The van der Waals surface area contributed by atoms with Crippen LogP contribution < -0.4 is 11.1 Å². The number of piperidine rings is 1. The van der Waals surface area contributed by atoms with Gasteiger partial charge in [-0.25, -0.2) is 4.79 Å². The van der Waals surface area contributed by atoms with Crippen LogP contribution in [0.4, 0.5) is 4.79 Å². The Hall–Kier alpha value is -1.34. The molecular weight excluding hydrogens is 274 g/mol.